The summed E-state index contributed by atoms with van der Waals surface area (Å²) in [6, 6.07) is 37.1. The van der Waals surface area contributed by atoms with Gasteiger partial charge in [0.15, 0.2) is 0 Å². The van der Waals surface area contributed by atoms with Crippen LogP contribution in [0.3, 0.4) is 0 Å². The number of hydrogen-bond donors (Lipinski definition) is 0. The van der Waals surface area contributed by atoms with Crippen molar-refractivity contribution in [2.75, 3.05) is 0 Å². The van der Waals surface area contributed by atoms with Crippen molar-refractivity contribution in [2.45, 2.75) is 40.0 Å². The van der Waals surface area contributed by atoms with Crippen molar-refractivity contribution in [3.05, 3.63) is 174 Å². The Morgan fingerprint density at radius 2 is 1.41 bits per heavy atom. The molecule has 0 bridgehead atoms. The molecular weight excluding hydrogens is 530 g/mol. The third-order valence-corrected chi connectivity index (χ3v) is 8.59. The van der Waals surface area contributed by atoms with Gasteiger partial charge in [-0.05, 0) is 96.7 Å². The first-order valence-electron chi connectivity index (χ1n) is 15.9. The maximum absolute atomic E-state index is 2.41. The number of rotatable bonds is 9. The second-order valence-electron chi connectivity index (χ2n) is 11.7. The maximum Gasteiger partial charge on any atom is 0.0541 e. The predicted molar refractivity (Wildman–Crippen MR) is 192 cm³/mol. The largest absolute Gasteiger partial charge is 0.309 e. The lowest BCUT2D eigenvalue weighted by Gasteiger charge is -2.12. The minimum absolute atomic E-state index is 0.412. The molecule has 1 aliphatic rings. The molecule has 1 aromatic heterocycles. The predicted octanol–water partition coefficient (Wildman–Crippen LogP) is 12.1. The van der Waals surface area contributed by atoms with Crippen LogP contribution >= 0.6 is 0 Å². The van der Waals surface area contributed by atoms with Crippen LogP contribution < -0.4 is 0 Å². The van der Waals surface area contributed by atoms with Crippen molar-refractivity contribution in [1.29, 1.82) is 0 Å². The van der Waals surface area contributed by atoms with Gasteiger partial charge in [0.05, 0.1) is 11.0 Å². The fraction of sp³-hybridized carbons (Fsp3) is 0.163. The number of hydrogen-bond acceptors (Lipinski definition) is 0. The highest BCUT2D eigenvalue weighted by atomic mass is 15.0. The van der Waals surface area contributed by atoms with Crippen LogP contribution in [0.2, 0.25) is 0 Å². The summed E-state index contributed by atoms with van der Waals surface area (Å²) in [5, 5.41) is 2.57. The molecule has 0 aliphatic heterocycles. The second kappa shape index (κ2) is 13.6. The summed E-state index contributed by atoms with van der Waals surface area (Å²) in [6.07, 6.45) is 21.7. The van der Waals surface area contributed by atoms with Crippen molar-refractivity contribution in [1.82, 2.24) is 4.57 Å². The molecule has 0 fully saturated rings. The van der Waals surface area contributed by atoms with E-state index in [1.807, 2.05) is 0 Å². The lowest BCUT2D eigenvalue weighted by molar-refractivity contribution is 0.745. The van der Waals surface area contributed by atoms with Crippen LogP contribution in [0.4, 0.5) is 0 Å². The molecule has 0 saturated carbocycles. The van der Waals surface area contributed by atoms with Crippen LogP contribution in [-0.2, 0) is 0 Å². The van der Waals surface area contributed by atoms with Gasteiger partial charge in [0.1, 0.15) is 0 Å². The smallest absolute Gasteiger partial charge is 0.0541 e. The number of aromatic nitrogens is 1. The van der Waals surface area contributed by atoms with E-state index in [-0.39, 0.29) is 0 Å². The molecule has 0 saturated heterocycles. The van der Waals surface area contributed by atoms with Gasteiger partial charge in [-0.3, -0.25) is 0 Å². The van der Waals surface area contributed by atoms with E-state index < -0.39 is 0 Å². The topological polar surface area (TPSA) is 4.93 Å². The van der Waals surface area contributed by atoms with Crippen molar-refractivity contribution in [2.24, 2.45) is 5.92 Å². The number of nitrogens with zero attached hydrogens (tertiary/aromatic N) is 1. The summed E-state index contributed by atoms with van der Waals surface area (Å²) in [5.74, 6) is 0.412. The average molecular weight is 572 g/mol. The van der Waals surface area contributed by atoms with Crippen LogP contribution in [-0.4, -0.2) is 4.57 Å². The third-order valence-electron chi connectivity index (χ3n) is 8.59. The van der Waals surface area contributed by atoms with Crippen molar-refractivity contribution in [3.63, 3.8) is 0 Å². The Labute approximate surface area is 262 Å². The Balaban J connectivity index is 1.32. The lowest BCUT2D eigenvalue weighted by atomic mass is 9.95. The minimum atomic E-state index is 0.412. The van der Waals surface area contributed by atoms with Gasteiger partial charge in [0, 0.05) is 16.5 Å². The molecule has 0 radical (unpaired) electrons. The monoisotopic (exact) mass is 571 g/mol. The van der Waals surface area contributed by atoms with Crippen molar-refractivity contribution < 1.29 is 0 Å². The Morgan fingerprint density at radius 1 is 0.750 bits per heavy atom. The number of allylic oxidation sites excluding steroid dienone is 12. The molecule has 5 aromatic rings. The lowest BCUT2D eigenvalue weighted by Crippen LogP contribution is -1.95. The standard InChI is InChI=1S/C43H41N/c1-4-34(36-17-9-6-10-18-36)25-23-32(2)24-26-38(31-33(3)35-15-7-5-8-16-35)37-27-29-39(30-28-37)44-42-21-13-11-19-40(42)41-20-12-14-22-43(41)44/h4-5,7-9,11-23,25-32H,6,10,24H2,1-3H3/b25-23-,33-31+,34-4+,38-26+. The first-order chi connectivity index (χ1) is 21.6. The maximum atomic E-state index is 2.41. The first-order valence-corrected chi connectivity index (χ1v) is 15.9. The van der Waals surface area contributed by atoms with E-state index in [0.29, 0.717) is 5.92 Å². The van der Waals surface area contributed by atoms with Crippen LogP contribution in [0.5, 0.6) is 0 Å². The van der Waals surface area contributed by atoms with E-state index in [0.717, 1.165) is 19.3 Å². The number of para-hydroxylation sites is 2. The molecule has 1 nitrogen and oxygen atoms in total. The van der Waals surface area contributed by atoms with Gasteiger partial charge in [-0.2, -0.15) is 0 Å². The van der Waals surface area contributed by atoms with Gasteiger partial charge in [-0.1, -0.05) is 134 Å². The fourth-order valence-electron chi connectivity index (χ4n) is 6.13. The Bertz CT molecular complexity index is 1880. The van der Waals surface area contributed by atoms with E-state index >= 15 is 0 Å². The number of benzene rings is 4. The van der Waals surface area contributed by atoms with E-state index in [2.05, 4.69) is 177 Å². The van der Waals surface area contributed by atoms with Crippen LogP contribution in [0.15, 0.2) is 163 Å². The molecular formula is C43H41N. The summed E-state index contributed by atoms with van der Waals surface area (Å²) in [5.41, 5.74) is 11.3. The molecule has 6 rings (SSSR count). The number of fused-ring (bicyclic) bond motifs is 3. The summed E-state index contributed by atoms with van der Waals surface area (Å²) < 4.78 is 2.38. The van der Waals surface area contributed by atoms with Gasteiger partial charge in [-0.15, -0.1) is 0 Å². The summed E-state index contributed by atoms with van der Waals surface area (Å²) >= 11 is 0. The zero-order valence-corrected chi connectivity index (χ0v) is 26.1. The molecule has 4 aromatic carbocycles. The summed E-state index contributed by atoms with van der Waals surface area (Å²) in [7, 11) is 0. The molecule has 1 heterocycles. The Kier molecular flexibility index (Phi) is 9.03. The molecule has 1 atom stereocenters. The molecule has 1 unspecified atom stereocenters. The molecule has 218 valence electrons. The third kappa shape index (κ3) is 6.38. The zero-order valence-electron chi connectivity index (χ0n) is 26.1. The van der Waals surface area contributed by atoms with E-state index in [4.69, 9.17) is 0 Å². The van der Waals surface area contributed by atoms with Crippen LogP contribution in [0, 0.1) is 5.92 Å². The van der Waals surface area contributed by atoms with Gasteiger partial charge in [0.25, 0.3) is 0 Å². The molecule has 1 heteroatoms. The van der Waals surface area contributed by atoms with Gasteiger partial charge < -0.3 is 4.57 Å². The second-order valence-corrected chi connectivity index (χ2v) is 11.7. The van der Waals surface area contributed by atoms with Crippen LogP contribution in [0.1, 0.15) is 51.2 Å². The van der Waals surface area contributed by atoms with Gasteiger partial charge in [-0.25, -0.2) is 0 Å². The average Bonchev–Trinajstić information content (AvgIpc) is 3.42. The Hall–Kier alpha value is -4.88. The zero-order chi connectivity index (χ0) is 30.3. The van der Waals surface area contributed by atoms with Gasteiger partial charge >= 0.3 is 0 Å². The van der Waals surface area contributed by atoms with E-state index in [1.165, 1.54) is 60.9 Å². The van der Waals surface area contributed by atoms with Crippen LogP contribution in [0.25, 0.3) is 38.6 Å². The summed E-state index contributed by atoms with van der Waals surface area (Å²) in [6.45, 7) is 6.65. The highest BCUT2D eigenvalue weighted by Crippen LogP contribution is 2.33. The SMILES string of the molecule is C/C=C(\C=C/C(C)C/C=C(\C=C(/C)c1ccccc1)c1ccc(-n2c3ccccc3c3ccccc32)cc1)C1=CCCC=C1. The van der Waals surface area contributed by atoms with E-state index in [1.54, 1.807) is 0 Å². The molecule has 44 heavy (non-hydrogen) atoms. The molecule has 1 aliphatic carbocycles. The van der Waals surface area contributed by atoms with Crippen molar-refractivity contribution in [3.8, 4) is 5.69 Å². The van der Waals surface area contributed by atoms with E-state index in [9.17, 15) is 0 Å². The van der Waals surface area contributed by atoms with Crippen molar-refractivity contribution >= 4 is 33.0 Å². The first kappa shape index (κ1) is 29.2. The molecule has 0 spiro atoms. The Morgan fingerprint density at radius 3 is 2.05 bits per heavy atom. The normalized spacial score (nSPS) is 15.3. The quantitative estimate of drug-likeness (QED) is 0.155. The highest BCUT2D eigenvalue weighted by Gasteiger charge is 2.12. The molecule has 0 N–H and O–H groups in total. The van der Waals surface area contributed by atoms with Gasteiger partial charge in [0.2, 0.25) is 0 Å². The highest BCUT2D eigenvalue weighted by molar-refractivity contribution is 6.09. The fourth-order valence-corrected chi connectivity index (χ4v) is 6.13. The summed E-state index contributed by atoms with van der Waals surface area (Å²) in [4.78, 5) is 0. The minimum Gasteiger partial charge on any atom is -0.309 e. The molecule has 0 amide bonds.